The third-order valence-electron chi connectivity index (χ3n) is 5.14. The van der Waals surface area contributed by atoms with Crippen LogP contribution in [0, 0.1) is 23.7 Å². The van der Waals surface area contributed by atoms with Crippen molar-refractivity contribution < 1.29 is 9.59 Å². The number of carbonyl (C=O) groups excluding carboxylic acids is 2. The lowest BCUT2D eigenvalue weighted by molar-refractivity contribution is -0.139. The average Bonchev–Trinajstić information content (AvgIpc) is 3.10. The summed E-state index contributed by atoms with van der Waals surface area (Å²) in [6, 6.07) is 0. The summed E-state index contributed by atoms with van der Waals surface area (Å²) in [5.41, 5.74) is 5.40. The van der Waals surface area contributed by atoms with Crippen molar-refractivity contribution in [3.63, 3.8) is 0 Å². The minimum Gasteiger partial charge on any atom is -0.355 e. The first-order valence-electron chi connectivity index (χ1n) is 7.95. The van der Waals surface area contributed by atoms with Gasteiger partial charge in [0.15, 0.2) is 0 Å². The van der Waals surface area contributed by atoms with Gasteiger partial charge in [-0.05, 0) is 43.9 Å². The molecule has 1 aliphatic heterocycles. The predicted octanol–water partition coefficient (Wildman–Crippen LogP) is 0.346. The molecule has 0 aromatic carbocycles. The molecule has 0 aromatic rings. The van der Waals surface area contributed by atoms with Gasteiger partial charge in [-0.25, -0.2) is 0 Å². The van der Waals surface area contributed by atoms with E-state index in [9.17, 15) is 9.59 Å². The van der Waals surface area contributed by atoms with Gasteiger partial charge in [-0.3, -0.25) is 9.59 Å². The summed E-state index contributed by atoms with van der Waals surface area (Å²) in [6.45, 7) is 2.41. The van der Waals surface area contributed by atoms with Crippen molar-refractivity contribution in [3.05, 3.63) is 0 Å². The Morgan fingerprint density at radius 3 is 2.60 bits per heavy atom. The minimum atomic E-state index is -0.0461. The SMILES string of the molecule is NCCNC(=O)C1CCCN(C(=O)C2CC3CC3C2)C1. The first-order valence-corrected chi connectivity index (χ1v) is 7.95. The molecule has 3 atom stereocenters. The molecule has 2 aliphatic carbocycles. The van der Waals surface area contributed by atoms with Gasteiger partial charge in [0.25, 0.3) is 0 Å². The van der Waals surface area contributed by atoms with Gasteiger partial charge in [0.1, 0.15) is 0 Å². The van der Waals surface area contributed by atoms with E-state index in [1.165, 1.54) is 6.42 Å². The largest absolute Gasteiger partial charge is 0.355 e. The predicted molar refractivity (Wildman–Crippen MR) is 75.7 cm³/mol. The van der Waals surface area contributed by atoms with Gasteiger partial charge in [0, 0.05) is 32.1 Å². The molecule has 2 saturated carbocycles. The summed E-state index contributed by atoms with van der Waals surface area (Å²) < 4.78 is 0. The molecule has 3 rings (SSSR count). The van der Waals surface area contributed by atoms with Gasteiger partial charge in [0.2, 0.25) is 11.8 Å². The Morgan fingerprint density at radius 1 is 1.15 bits per heavy atom. The fourth-order valence-corrected chi connectivity index (χ4v) is 3.91. The second-order valence-corrected chi connectivity index (χ2v) is 6.63. The van der Waals surface area contributed by atoms with Crippen molar-refractivity contribution in [2.75, 3.05) is 26.2 Å². The van der Waals surface area contributed by atoms with Crippen LogP contribution in [0.1, 0.15) is 32.1 Å². The molecule has 3 aliphatic rings. The highest BCUT2D eigenvalue weighted by Gasteiger charge is 2.49. The maximum atomic E-state index is 12.5. The van der Waals surface area contributed by atoms with Gasteiger partial charge in [0.05, 0.1) is 5.92 Å². The Balaban J connectivity index is 1.52. The highest BCUT2D eigenvalue weighted by Crippen LogP contribution is 2.54. The third kappa shape index (κ3) is 2.82. The topological polar surface area (TPSA) is 75.4 Å². The van der Waals surface area contributed by atoms with E-state index in [4.69, 9.17) is 5.73 Å². The summed E-state index contributed by atoms with van der Waals surface area (Å²) in [4.78, 5) is 26.5. The van der Waals surface area contributed by atoms with Crippen LogP contribution < -0.4 is 11.1 Å². The summed E-state index contributed by atoms with van der Waals surface area (Å²) >= 11 is 0. The molecule has 2 amide bonds. The second kappa shape index (κ2) is 5.72. The van der Waals surface area contributed by atoms with Gasteiger partial charge >= 0.3 is 0 Å². The van der Waals surface area contributed by atoms with Crippen molar-refractivity contribution in [2.24, 2.45) is 29.4 Å². The zero-order valence-electron chi connectivity index (χ0n) is 12.0. The zero-order valence-corrected chi connectivity index (χ0v) is 12.0. The first kappa shape index (κ1) is 13.9. The van der Waals surface area contributed by atoms with Crippen LogP contribution in [0.3, 0.4) is 0 Å². The molecule has 20 heavy (non-hydrogen) atoms. The molecule has 1 saturated heterocycles. The van der Waals surface area contributed by atoms with Crippen LogP contribution in [0.25, 0.3) is 0 Å². The van der Waals surface area contributed by atoms with E-state index in [-0.39, 0.29) is 17.7 Å². The number of fused-ring (bicyclic) bond motifs is 1. The number of rotatable bonds is 4. The van der Waals surface area contributed by atoms with E-state index in [0.29, 0.717) is 25.5 Å². The molecule has 3 N–H and O–H groups in total. The van der Waals surface area contributed by atoms with Gasteiger partial charge in [-0.1, -0.05) is 0 Å². The molecule has 0 radical (unpaired) electrons. The second-order valence-electron chi connectivity index (χ2n) is 6.63. The van der Waals surface area contributed by atoms with Crippen LogP contribution in [0.5, 0.6) is 0 Å². The quantitative estimate of drug-likeness (QED) is 0.779. The maximum absolute atomic E-state index is 12.5. The van der Waals surface area contributed by atoms with Crippen LogP contribution in [-0.4, -0.2) is 42.9 Å². The van der Waals surface area contributed by atoms with E-state index in [1.807, 2.05) is 4.90 Å². The monoisotopic (exact) mass is 279 g/mol. The van der Waals surface area contributed by atoms with Crippen LogP contribution in [0.4, 0.5) is 0 Å². The third-order valence-corrected chi connectivity index (χ3v) is 5.14. The lowest BCUT2D eigenvalue weighted by Crippen LogP contribution is -2.47. The highest BCUT2D eigenvalue weighted by atomic mass is 16.2. The van der Waals surface area contributed by atoms with Gasteiger partial charge in [-0.2, -0.15) is 0 Å². The van der Waals surface area contributed by atoms with Crippen LogP contribution >= 0.6 is 0 Å². The summed E-state index contributed by atoms with van der Waals surface area (Å²) in [7, 11) is 0. The highest BCUT2D eigenvalue weighted by molar-refractivity contribution is 5.82. The first-order chi connectivity index (χ1) is 9.69. The smallest absolute Gasteiger partial charge is 0.225 e. The Bertz CT molecular complexity index is 389. The maximum Gasteiger partial charge on any atom is 0.225 e. The fourth-order valence-electron chi connectivity index (χ4n) is 3.91. The number of piperidine rings is 1. The number of nitrogens with two attached hydrogens (primary N) is 1. The molecule has 5 heteroatoms. The van der Waals surface area contributed by atoms with Crippen molar-refractivity contribution >= 4 is 11.8 Å². The molecule has 3 fully saturated rings. The molecular weight excluding hydrogens is 254 g/mol. The summed E-state index contributed by atoms with van der Waals surface area (Å²) in [6.07, 6.45) is 5.34. The van der Waals surface area contributed by atoms with Crippen molar-refractivity contribution in [3.8, 4) is 0 Å². The number of carbonyl (C=O) groups is 2. The molecule has 112 valence electrons. The van der Waals surface area contributed by atoms with Crippen molar-refractivity contribution in [2.45, 2.75) is 32.1 Å². The average molecular weight is 279 g/mol. The molecular formula is C15H25N3O2. The number of nitrogens with zero attached hydrogens (tertiary/aromatic N) is 1. The van der Waals surface area contributed by atoms with E-state index < -0.39 is 0 Å². The zero-order chi connectivity index (χ0) is 14.1. The Kier molecular flexibility index (Phi) is 3.96. The van der Waals surface area contributed by atoms with Gasteiger partial charge < -0.3 is 16.0 Å². The molecule has 5 nitrogen and oxygen atoms in total. The normalized spacial score (nSPS) is 35.5. The van der Waals surface area contributed by atoms with Crippen LogP contribution in [-0.2, 0) is 9.59 Å². The van der Waals surface area contributed by atoms with Crippen molar-refractivity contribution in [1.82, 2.24) is 10.2 Å². The number of likely N-dealkylation sites (tertiary alicyclic amines) is 1. The Morgan fingerprint density at radius 2 is 1.90 bits per heavy atom. The minimum absolute atomic E-state index is 0.0461. The standard InChI is InChI=1S/C15H25N3O2/c16-3-4-17-14(19)10-2-1-5-18(9-10)15(20)13-7-11-6-12(11)8-13/h10-13H,1-9,16H2,(H,17,19). The molecule has 0 aromatic heterocycles. The van der Waals surface area contributed by atoms with E-state index in [2.05, 4.69) is 5.32 Å². The molecule has 0 bridgehead atoms. The molecule has 0 spiro atoms. The molecule has 3 unspecified atom stereocenters. The lowest BCUT2D eigenvalue weighted by atomic mass is 9.94. The van der Waals surface area contributed by atoms with Crippen LogP contribution in [0.15, 0.2) is 0 Å². The van der Waals surface area contributed by atoms with E-state index >= 15 is 0 Å². The van der Waals surface area contributed by atoms with E-state index in [1.54, 1.807) is 0 Å². The number of amides is 2. The van der Waals surface area contributed by atoms with E-state index in [0.717, 1.165) is 44.1 Å². The van der Waals surface area contributed by atoms with Crippen molar-refractivity contribution in [1.29, 1.82) is 0 Å². The fraction of sp³-hybridized carbons (Fsp3) is 0.867. The van der Waals surface area contributed by atoms with Crippen LogP contribution in [0.2, 0.25) is 0 Å². The number of hydrogen-bond donors (Lipinski definition) is 2. The Hall–Kier alpha value is -1.10. The number of hydrogen-bond acceptors (Lipinski definition) is 3. The number of nitrogens with one attached hydrogen (secondary N) is 1. The molecule has 1 heterocycles. The summed E-state index contributed by atoms with van der Waals surface area (Å²) in [5.74, 6) is 2.21. The Labute approximate surface area is 120 Å². The van der Waals surface area contributed by atoms with Gasteiger partial charge in [-0.15, -0.1) is 0 Å². The lowest BCUT2D eigenvalue weighted by Gasteiger charge is -2.34. The summed E-state index contributed by atoms with van der Waals surface area (Å²) in [5, 5.41) is 2.84.